The number of carbonyl (C=O) groups excluding carboxylic acids is 2. The van der Waals surface area contributed by atoms with E-state index < -0.39 is 29.5 Å². The number of nitrogens with one attached hydrogen (secondary N) is 2. The number of hydrogen-bond donors (Lipinski definition) is 3. The Morgan fingerprint density at radius 3 is 2.64 bits per heavy atom. The summed E-state index contributed by atoms with van der Waals surface area (Å²) in [6.07, 6.45) is 4.64. The van der Waals surface area contributed by atoms with E-state index in [2.05, 4.69) is 15.0 Å². The summed E-state index contributed by atoms with van der Waals surface area (Å²) < 4.78 is 28.8. The molecule has 10 heteroatoms. The molecule has 2 aromatic carbocycles. The maximum absolute atomic E-state index is 13.3. The van der Waals surface area contributed by atoms with Crippen molar-refractivity contribution in [3.8, 4) is 11.3 Å². The van der Waals surface area contributed by atoms with E-state index in [1.165, 1.54) is 17.5 Å². The SMILES string of the molecule is C[C@H](NC(=O)Cc1cc(F)cc(F)c1)C(=O)Nc1ccc(-c2cn3c4c(sc3n2)CCC(N)C4)cc1. The number of fused-ring (bicyclic) bond motifs is 3. The molecule has 1 aliphatic rings. The molecule has 7 nitrogen and oxygen atoms in total. The zero-order valence-electron chi connectivity index (χ0n) is 19.6. The summed E-state index contributed by atoms with van der Waals surface area (Å²) in [7, 11) is 0. The van der Waals surface area contributed by atoms with Crippen LogP contribution in [0.4, 0.5) is 14.5 Å². The molecule has 0 aliphatic heterocycles. The monoisotopic (exact) mass is 509 g/mol. The average Bonchev–Trinajstić information content (AvgIpc) is 3.37. The smallest absolute Gasteiger partial charge is 0.246 e. The van der Waals surface area contributed by atoms with Gasteiger partial charge in [0.05, 0.1) is 12.1 Å². The Kier molecular flexibility index (Phi) is 6.55. The molecule has 5 rings (SSSR count). The van der Waals surface area contributed by atoms with Crippen molar-refractivity contribution in [2.24, 2.45) is 5.73 Å². The summed E-state index contributed by atoms with van der Waals surface area (Å²) in [6.45, 7) is 1.54. The highest BCUT2D eigenvalue weighted by molar-refractivity contribution is 7.17. The van der Waals surface area contributed by atoms with Crippen LogP contribution in [0, 0.1) is 11.6 Å². The number of amides is 2. The highest BCUT2D eigenvalue weighted by Gasteiger charge is 2.22. The molecule has 36 heavy (non-hydrogen) atoms. The first-order chi connectivity index (χ1) is 17.2. The quantitative estimate of drug-likeness (QED) is 0.368. The van der Waals surface area contributed by atoms with E-state index in [0.717, 1.165) is 53.7 Å². The van der Waals surface area contributed by atoms with Crippen molar-refractivity contribution in [2.45, 2.75) is 44.7 Å². The number of benzene rings is 2. The molecule has 1 unspecified atom stereocenters. The van der Waals surface area contributed by atoms with Gasteiger partial charge in [-0.3, -0.25) is 14.0 Å². The second kappa shape index (κ2) is 9.79. The molecule has 4 aromatic rings. The molecule has 186 valence electrons. The Balaban J connectivity index is 1.20. The van der Waals surface area contributed by atoms with E-state index in [9.17, 15) is 18.4 Å². The van der Waals surface area contributed by atoms with Gasteiger partial charge >= 0.3 is 0 Å². The van der Waals surface area contributed by atoms with Crippen LogP contribution in [0.25, 0.3) is 16.2 Å². The molecule has 2 aromatic heterocycles. The van der Waals surface area contributed by atoms with E-state index >= 15 is 0 Å². The van der Waals surface area contributed by atoms with Gasteiger partial charge in [0.25, 0.3) is 0 Å². The fourth-order valence-electron chi connectivity index (χ4n) is 4.38. The van der Waals surface area contributed by atoms with Crippen molar-refractivity contribution in [3.63, 3.8) is 0 Å². The molecule has 2 amide bonds. The van der Waals surface area contributed by atoms with Crippen molar-refractivity contribution >= 4 is 33.8 Å². The van der Waals surface area contributed by atoms with E-state index in [1.807, 2.05) is 18.3 Å². The third-order valence-corrected chi connectivity index (χ3v) is 7.36. The molecule has 0 radical (unpaired) electrons. The van der Waals surface area contributed by atoms with Gasteiger partial charge in [0, 0.05) is 46.5 Å². The van der Waals surface area contributed by atoms with Gasteiger partial charge in [-0.2, -0.15) is 0 Å². The first kappa shape index (κ1) is 24.1. The Hall–Kier alpha value is -3.63. The average molecular weight is 510 g/mol. The van der Waals surface area contributed by atoms with Gasteiger partial charge in [-0.05, 0) is 49.6 Å². The van der Waals surface area contributed by atoms with Gasteiger partial charge in [-0.1, -0.05) is 12.1 Å². The maximum Gasteiger partial charge on any atom is 0.246 e. The van der Waals surface area contributed by atoms with Crippen LogP contribution in [0.15, 0.2) is 48.7 Å². The van der Waals surface area contributed by atoms with Crippen LogP contribution >= 0.6 is 11.3 Å². The van der Waals surface area contributed by atoms with E-state index in [-0.39, 0.29) is 18.0 Å². The fourth-order valence-corrected chi connectivity index (χ4v) is 5.52. The molecule has 2 heterocycles. The number of halogens is 2. The summed E-state index contributed by atoms with van der Waals surface area (Å²) in [5.41, 5.74) is 9.92. The largest absolute Gasteiger partial charge is 0.344 e. The van der Waals surface area contributed by atoms with Gasteiger partial charge in [0.15, 0.2) is 4.96 Å². The normalized spacial score (nSPS) is 15.9. The minimum absolute atomic E-state index is 0.181. The van der Waals surface area contributed by atoms with Crippen molar-refractivity contribution < 1.29 is 18.4 Å². The Morgan fingerprint density at radius 2 is 1.92 bits per heavy atom. The standard InChI is InChI=1S/C26H25F2N5O2S/c1-14(30-24(34)10-15-8-17(27)11-18(28)9-15)25(35)31-20-5-2-16(3-6-20)21-13-33-22-12-19(29)4-7-23(22)36-26(33)32-21/h2-3,5-6,8-9,11,13-14,19H,4,7,10,12,29H2,1H3,(H,30,34)(H,31,35)/t14-,19?/m0/s1. The first-order valence-electron chi connectivity index (χ1n) is 11.7. The minimum atomic E-state index is -0.840. The summed E-state index contributed by atoms with van der Waals surface area (Å²) in [6, 6.07) is 9.55. The van der Waals surface area contributed by atoms with Crippen LogP contribution in [-0.4, -0.2) is 33.3 Å². The summed E-state index contributed by atoms with van der Waals surface area (Å²) in [5.74, 6) is -2.44. The zero-order valence-corrected chi connectivity index (χ0v) is 20.4. The number of hydrogen-bond acceptors (Lipinski definition) is 5. The molecule has 2 atom stereocenters. The van der Waals surface area contributed by atoms with Gasteiger partial charge in [-0.15, -0.1) is 11.3 Å². The first-order valence-corrected chi connectivity index (χ1v) is 12.5. The number of carbonyl (C=O) groups is 2. The van der Waals surface area contributed by atoms with Gasteiger partial charge in [0.1, 0.15) is 17.7 Å². The Labute approximate surface area is 210 Å². The third kappa shape index (κ3) is 5.14. The number of rotatable bonds is 6. The molecular formula is C26H25F2N5O2S. The van der Waals surface area contributed by atoms with E-state index in [4.69, 9.17) is 10.7 Å². The number of imidazole rings is 1. The van der Waals surface area contributed by atoms with E-state index in [1.54, 1.807) is 23.5 Å². The lowest BCUT2D eigenvalue weighted by Gasteiger charge is -2.17. The molecular weight excluding hydrogens is 484 g/mol. The highest BCUT2D eigenvalue weighted by atomic mass is 32.1. The number of aryl methyl sites for hydroxylation is 1. The van der Waals surface area contributed by atoms with Crippen molar-refractivity contribution in [1.82, 2.24) is 14.7 Å². The number of nitrogens with two attached hydrogens (primary N) is 1. The fraction of sp³-hybridized carbons (Fsp3) is 0.269. The number of nitrogens with zero attached hydrogens (tertiary/aromatic N) is 2. The maximum atomic E-state index is 13.3. The zero-order chi connectivity index (χ0) is 25.4. The summed E-state index contributed by atoms with van der Waals surface area (Å²) in [4.78, 5) is 31.8. The van der Waals surface area contributed by atoms with Crippen LogP contribution in [0.1, 0.15) is 29.5 Å². The van der Waals surface area contributed by atoms with Gasteiger partial charge < -0.3 is 16.4 Å². The van der Waals surface area contributed by atoms with Crippen LogP contribution in [0.2, 0.25) is 0 Å². The summed E-state index contributed by atoms with van der Waals surface area (Å²) in [5, 5.41) is 5.31. The van der Waals surface area contributed by atoms with E-state index in [0.29, 0.717) is 5.69 Å². The summed E-state index contributed by atoms with van der Waals surface area (Å²) >= 11 is 1.71. The van der Waals surface area contributed by atoms with Gasteiger partial charge in [-0.25, -0.2) is 13.8 Å². The van der Waals surface area contributed by atoms with Crippen LogP contribution < -0.4 is 16.4 Å². The molecule has 0 fully saturated rings. The third-order valence-electron chi connectivity index (χ3n) is 6.20. The molecule has 0 saturated carbocycles. The molecule has 0 bridgehead atoms. The lowest BCUT2D eigenvalue weighted by molar-refractivity contribution is -0.125. The lowest BCUT2D eigenvalue weighted by atomic mass is 9.98. The van der Waals surface area contributed by atoms with Crippen LogP contribution in [0.5, 0.6) is 0 Å². The topological polar surface area (TPSA) is 102 Å². The number of aromatic nitrogens is 2. The van der Waals surface area contributed by atoms with Crippen LogP contribution in [-0.2, 0) is 28.9 Å². The molecule has 1 aliphatic carbocycles. The predicted molar refractivity (Wildman–Crippen MR) is 135 cm³/mol. The Morgan fingerprint density at radius 1 is 1.19 bits per heavy atom. The van der Waals surface area contributed by atoms with Crippen LogP contribution in [0.3, 0.4) is 0 Å². The van der Waals surface area contributed by atoms with Crippen molar-refractivity contribution in [1.29, 1.82) is 0 Å². The highest BCUT2D eigenvalue weighted by Crippen LogP contribution is 2.32. The van der Waals surface area contributed by atoms with Gasteiger partial charge in [0.2, 0.25) is 11.8 Å². The molecule has 0 spiro atoms. The van der Waals surface area contributed by atoms with Crippen molar-refractivity contribution in [3.05, 3.63) is 76.4 Å². The predicted octanol–water partition coefficient (Wildman–Crippen LogP) is 3.84. The molecule has 4 N–H and O–H groups in total. The minimum Gasteiger partial charge on any atom is -0.344 e. The lowest BCUT2D eigenvalue weighted by Crippen LogP contribution is -2.42. The Bertz CT molecular complexity index is 1430. The molecule has 0 saturated heterocycles. The second-order valence-electron chi connectivity index (χ2n) is 9.06. The number of thiazole rings is 1. The number of anilines is 1. The second-order valence-corrected chi connectivity index (χ2v) is 10.1. The van der Waals surface area contributed by atoms with Crippen molar-refractivity contribution in [2.75, 3.05) is 5.32 Å².